The van der Waals surface area contributed by atoms with Gasteiger partial charge in [-0.3, -0.25) is 4.99 Å². The first-order valence-electron chi connectivity index (χ1n) is 9.59. The quantitative estimate of drug-likeness (QED) is 0.611. The number of benzene rings is 1. The van der Waals surface area contributed by atoms with E-state index in [4.69, 9.17) is 0 Å². The summed E-state index contributed by atoms with van der Waals surface area (Å²) in [4.78, 5) is 9.03. The molecule has 2 aromatic rings. The number of anilines is 2. The molecule has 1 aromatic carbocycles. The lowest BCUT2D eigenvalue weighted by atomic mass is 10.1. The first kappa shape index (κ1) is 19.5. The lowest BCUT2D eigenvalue weighted by molar-refractivity contribution is 0.462. The number of aliphatic imine (C=N–C) groups is 1. The van der Waals surface area contributed by atoms with Crippen LogP contribution in [0.15, 0.2) is 40.7 Å². The number of hydrogen-bond donors (Lipinski definition) is 2. The molecule has 0 amide bonds. The lowest BCUT2D eigenvalue weighted by Crippen LogP contribution is -2.48. The number of hydrogen-bond acceptors (Lipinski definition) is 4. The highest BCUT2D eigenvalue weighted by atomic mass is 32.1. The zero-order valence-corrected chi connectivity index (χ0v) is 17.6. The molecule has 0 atom stereocenters. The summed E-state index contributed by atoms with van der Waals surface area (Å²) in [6, 6.07) is 11.4. The van der Waals surface area contributed by atoms with Crippen molar-refractivity contribution < 1.29 is 0 Å². The Balaban J connectivity index is 1.49. The molecule has 5 nitrogen and oxygen atoms in total. The number of thiophene rings is 1. The fraction of sp³-hybridized carbons (Fsp3) is 0.476. The molecular formula is C21H31N5S. The van der Waals surface area contributed by atoms with Gasteiger partial charge in [0.25, 0.3) is 0 Å². The second-order valence-corrected chi connectivity index (χ2v) is 8.21. The molecule has 6 heteroatoms. The number of nitrogens with zero attached hydrogens (tertiary/aromatic N) is 3. The van der Waals surface area contributed by atoms with Gasteiger partial charge in [0.05, 0.1) is 5.00 Å². The number of nitrogens with one attached hydrogen (secondary N) is 2. The molecule has 2 heterocycles. The van der Waals surface area contributed by atoms with E-state index in [0.717, 1.165) is 38.4 Å². The van der Waals surface area contributed by atoms with Crippen LogP contribution in [0.3, 0.4) is 0 Å². The van der Waals surface area contributed by atoms with Crippen LogP contribution in [0.2, 0.25) is 0 Å². The van der Waals surface area contributed by atoms with Crippen LogP contribution in [0.25, 0.3) is 0 Å². The van der Waals surface area contributed by atoms with E-state index in [1.165, 1.54) is 21.8 Å². The average Bonchev–Trinajstić information content (AvgIpc) is 3.21. The van der Waals surface area contributed by atoms with E-state index >= 15 is 0 Å². The number of rotatable bonds is 5. The van der Waals surface area contributed by atoms with Gasteiger partial charge in [0.2, 0.25) is 0 Å². The van der Waals surface area contributed by atoms with Crippen LogP contribution in [0.1, 0.15) is 24.0 Å². The standard InChI is InChI=1S/C21H31N5S/c1-16-14-19(25(3)4)8-7-17(16)15-23-21(22-2)24-18-9-11-26(12-10-18)20-6-5-13-27-20/h5-8,13-14,18H,9-12,15H2,1-4H3,(H2,22,23,24). The largest absolute Gasteiger partial charge is 0.378 e. The molecule has 1 fully saturated rings. The highest BCUT2D eigenvalue weighted by molar-refractivity contribution is 7.14. The van der Waals surface area contributed by atoms with Crippen LogP contribution in [-0.4, -0.2) is 46.2 Å². The van der Waals surface area contributed by atoms with Gasteiger partial charge in [-0.2, -0.15) is 0 Å². The van der Waals surface area contributed by atoms with Crippen LogP contribution in [0.5, 0.6) is 0 Å². The Morgan fingerprint density at radius 2 is 2.04 bits per heavy atom. The van der Waals surface area contributed by atoms with Gasteiger partial charge in [-0.05, 0) is 60.5 Å². The molecule has 1 aromatic heterocycles. The van der Waals surface area contributed by atoms with Gasteiger partial charge in [-0.1, -0.05) is 6.07 Å². The van der Waals surface area contributed by atoms with Crippen molar-refractivity contribution in [2.24, 2.45) is 4.99 Å². The average molecular weight is 386 g/mol. The van der Waals surface area contributed by atoms with Gasteiger partial charge < -0.3 is 20.4 Å². The minimum absolute atomic E-state index is 0.477. The van der Waals surface area contributed by atoms with Crippen LogP contribution in [0.4, 0.5) is 10.7 Å². The third-order valence-electron chi connectivity index (χ3n) is 5.17. The summed E-state index contributed by atoms with van der Waals surface area (Å²) in [5.74, 6) is 0.889. The molecule has 1 aliphatic rings. The molecule has 1 aliphatic heterocycles. The van der Waals surface area contributed by atoms with Crippen molar-refractivity contribution in [3.8, 4) is 0 Å². The van der Waals surface area contributed by atoms with E-state index < -0.39 is 0 Å². The van der Waals surface area contributed by atoms with Crippen molar-refractivity contribution in [1.82, 2.24) is 10.6 Å². The molecule has 1 saturated heterocycles. The number of aryl methyl sites for hydroxylation is 1. The van der Waals surface area contributed by atoms with Crippen molar-refractivity contribution in [2.45, 2.75) is 32.4 Å². The van der Waals surface area contributed by atoms with Crippen molar-refractivity contribution in [3.05, 3.63) is 46.8 Å². The van der Waals surface area contributed by atoms with Gasteiger partial charge in [-0.15, -0.1) is 11.3 Å². The minimum atomic E-state index is 0.477. The zero-order chi connectivity index (χ0) is 19.2. The maximum Gasteiger partial charge on any atom is 0.191 e. The van der Waals surface area contributed by atoms with Crippen LogP contribution < -0.4 is 20.4 Å². The Kier molecular flexibility index (Phi) is 6.61. The number of guanidine groups is 1. The van der Waals surface area contributed by atoms with Gasteiger partial charge in [0, 0.05) is 52.5 Å². The molecule has 0 radical (unpaired) electrons. The highest BCUT2D eigenvalue weighted by Gasteiger charge is 2.20. The Labute approximate surface area is 167 Å². The molecule has 0 spiro atoms. The molecule has 27 heavy (non-hydrogen) atoms. The number of piperidine rings is 1. The highest BCUT2D eigenvalue weighted by Crippen LogP contribution is 2.24. The lowest BCUT2D eigenvalue weighted by Gasteiger charge is -2.33. The summed E-state index contributed by atoms with van der Waals surface area (Å²) in [5.41, 5.74) is 3.83. The van der Waals surface area contributed by atoms with Crippen molar-refractivity contribution in [3.63, 3.8) is 0 Å². The summed E-state index contributed by atoms with van der Waals surface area (Å²) >= 11 is 1.83. The van der Waals surface area contributed by atoms with Gasteiger partial charge in [0.15, 0.2) is 5.96 Å². The molecule has 0 bridgehead atoms. The van der Waals surface area contributed by atoms with Crippen LogP contribution in [-0.2, 0) is 6.54 Å². The van der Waals surface area contributed by atoms with Crippen LogP contribution in [0, 0.1) is 6.92 Å². The third kappa shape index (κ3) is 5.16. The van der Waals surface area contributed by atoms with E-state index in [-0.39, 0.29) is 0 Å². The fourth-order valence-corrected chi connectivity index (χ4v) is 4.20. The van der Waals surface area contributed by atoms with E-state index in [9.17, 15) is 0 Å². The molecule has 0 aliphatic carbocycles. The second-order valence-electron chi connectivity index (χ2n) is 7.29. The monoisotopic (exact) mass is 385 g/mol. The topological polar surface area (TPSA) is 42.9 Å². The Morgan fingerprint density at radius 1 is 1.26 bits per heavy atom. The summed E-state index contributed by atoms with van der Waals surface area (Å²) < 4.78 is 0. The molecule has 2 N–H and O–H groups in total. The summed E-state index contributed by atoms with van der Waals surface area (Å²) in [5, 5.41) is 10.6. The van der Waals surface area contributed by atoms with Crippen molar-refractivity contribution >= 4 is 28.0 Å². The molecule has 146 valence electrons. The predicted molar refractivity (Wildman–Crippen MR) is 118 cm³/mol. The van der Waals surface area contributed by atoms with Crippen molar-refractivity contribution in [1.29, 1.82) is 0 Å². The molecule has 0 unspecified atom stereocenters. The first-order chi connectivity index (χ1) is 13.1. The molecular weight excluding hydrogens is 354 g/mol. The SMILES string of the molecule is CN=C(NCc1ccc(N(C)C)cc1C)NC1CCN(c2cccs2)CC1. The van der Waals surface area contributed by atoms with Crippen molar-refractivity contribution in [2.75, 3.05) is 44.0 Å². The maximum atomic E-state index is 4.42. The van der Waals surface area contributed by atoms with Gasteiger partial charge >= 0.3 is 0 Å². The normalized spacial score (nSPS) is 15.7. The molecule has 3 rings (SSSR count). The first-order valence-corrected chi connectivity index (χ1v) is 10.5. The van der Waals surface area contributed by atoms with Gasteiger partial charge in [0.1, 0.15) is 0 Å². The van der Waals surface area contributed by atoms with E-state index in [1.54, 1.807) is 0 Å². The summed E-state index contributed by atoms with van der Waals surface area (Å²) in [6.07, 6.45) is 2.27. The Bertz CT molecular complexity index is 746. The van der Waals surface area contributed by atoms with E-state index in [1.807, 2.05) is 18.4 Å². The van der Waals surface area contributed by atoms with E-state index in [2.05, 4.69) is 82.2 Å². The minimum Gasteiger partial charge on any atom is -0.378 e. The summed E-state index contributed by atoms with van der Waals surface area (Å²) in [6.45, 7) is 5.15. The second kappa shape index (κ2) is 9.13. The predicted octanol–water partition coefficient (Wildman–Crippen LogP) is 3.46. The maximum absolute atomic E-state index is 4.42. The Morgan fingerprint density at radius 3 is 2.63 bits per heavy atom. The fourth-order valence-electron chi connectivity index (χ4n) is 3.42. The van der Waals surface area contributed by atoms with E-state index in [0.29, 0.717) is 6.04 Å². The summed E-state index contributed by atoms with van der Waals surface area (Å²) in [7, 11) is 5.99. The van der Waals surface area contributed by atoms with Gasteiger partial charge in [-0.25, -0.2) is 0 Å². The zero-order valence-electron chi connectivity index (χ0n) is 16.8. The smallest absolute Gasteiger partial charge is 0.191 e. The molecule has 0 saturated carbocycles. The Hall–Kier alpha value is -2.21. The van der Waals surface area contributed by atoms with Crippen LogP contribution >= 0.6 is 11.3 Å². The third-order valence-corrected chi connectivity index (χ3v) is 6.10.